The first-order valence-corrected chi connectivity index (χ1v) is 6.99. The average molecular weight is 320 g/mol. The van der Waals surface area contributed by atoms with Crippen LogP contribution in [0.2, 0.25) is 0 Å². The first-order valence-electron chi connectivity index (χ1n) is 6.99. The van der Waals surface area contributed by atoms with Crippen LogP contribution in [0.1, 0.15) is 16.2 Å². The maximum Gasteiger partial charge on any atom is 0.313 e. The summed E-state index contributed by atoms with van der Waals surface area (Å²) in [5, 5.41) is 19.1. The van der Waals surface area contributed by atoms with Crippen molar-refractivity contribution in [3.8, 4) is 23.3 Å². The Labute approximate surface area is 137 Å². The fourth-order valence-electron chi connectivity index (χ4n) is 2.10. The first-order chi connectivity index (χ1) is 11.7. The molecule has 0 bridgehead atoms. The highest BCUT2D eigenvalue weighted by Gasteiger charge is 2.18. The van der Waals surface area contributed by atoms with E-state index >= 15 is 0 Å². The number of aromatic nitrogens is 2. The highest BCUT2D eigenvalue weighted by molar-refractivity contribution is 6.01. The number of carbonyl (C=O) groups is 1. The molecule has 1 heterocycles. The highest BCUT2D eigenvalue weighted by Crippen LogP contribution is 2.28. The molecule has 1 N–H and O–H groups in total. The van der Waals surface area contributed by atoms with Crippen molar-refractivity contribution in [3.05, 3.63) is 60.0 Å². The van der Waals surface area contributed by atoms with Gasteiger partial charge in [-0.25, -0.2) is 0 Å². The topological polar surface area (TPSA) is 101 Å². The number of hydrogen-bond acceptors (Lipinski definition) is 6. The van der Waals surface area contributed by atoms with Gasteiger partial charge in [-0.05, 0) is 30.3 Å². The molecule has 3 rings (SSSR count). The maximum absolute atomic E-state index is 12.2. The molecule has 1 amide bonds. The smallest absolute Gasteiger partial charge is 0.313 e. The lowest BCUT2D eigenvalue weighted by molar-refractivity contribution is 0.0991. The third-order valence-corrected chi connectivity index (χ3v) is 3.21. The molecule has 0 aliphatic rings. The molecule has 3 aromatic rings. The molecule has 0 aliphatic carbocycles. The second kappa shape index (κ2) is 6.62. The third-order valence-electron chi connectivity index (χ3n) is 3.21. The summed E-state index contributed by atoms with van der Waals surface area (Å²) >= 11 is 0. The summed E-state index contributed by atoms with van der Waals surface area (Å²) in [6.07, 6.45) is 0. The molecule has 1 aromatic heterocycles. The van der Waals surface area contributed by atoms with Crippen LogP contribution in [0.15, 0.2) is 52.9 Å². The molecule has 0 saturated heterocycles. The number of nitriles is 1. The van der Waals surface area contributed by atoms with Crippen LogP contribution >= 0.6 is 0 Å². The molecule has 0 spiro atoms. The van der Waals surface area contributed by atoms with Crippen LogP contribution in [0.4, 0.5) is 5.69 Å². The van der Waals surface area contributed by atoms with E-state index in [0.29, 0.717) is 22.6 Å². The van der Waals surface area contributed by atoms with E-state index < -0.39 is 5.91 Å². The zero-order valence-corrected chi connectivity index (χ0v) is 12.7. The minimum atomic E-state index is -0.557. The summed E-state index contributed by atoms with van der Waals surface area (Å²) in [6, 6.07) is 15.7. The van der Waals surface area contributed by atoms with E-state index in [4.69, 9.17) is 14.4 Å². The summed E-state index contributed by atoms with van der Waals surface area (Å²) in [4.78, 5) is 12.2. The molecule has 24 heavy (non-hydrogen) atoms. The predicted molar refractivity (Wildman–Crippen MR) is 85.4 cm³/mol. The second-order valence-corrected chi connectivity index (χ2v) is 4.76. The van der Waals surface area contributed by atoms with Crippen LogP contribution in [0.25, 0.3) is 11.5 Å². The number of benzene rings is 2. The Morgan fingerprint density at radius 3 is 2.83 bits per heavy atom. The fraction of sp³-hybridized carbons (Fsp3) is 0.0588. The quantitative estimate of drug-likeness (QED) is 0.793. The van der Waals surface area contributed by atoms with Crippen LogP contribution in [0.3, 0.4) is 0 Å². The lowest BCUT2D eigenvalue weighted by Crippen LogP contribution is -2.12. The van der Waals surface area contributed by atoms with Gasteiger partial charge >= 0.3 is 11.8 Å². The van der Waals surface area contributed by atoms with Gasteiger partial charge in [-0.15, -0.1) is 10.2 Å². The number of anilines is 1. The SMILES string of the molecule is COc1ccccc1-c1nnc(C(=O)Nc2cccc(C#N)c2)o1. The number of nitrogens with zero attached hydrogens (tertiary/aromatic N) is 3. The van der Waals surface area contributed by atoms with Crippen molar-refractivity contribution in [3.63, 3.8) is 0 Å². The Balaban J connectivity index is 1.82. The van der Waals surface area contributed by atoms with Gasteiger partial charge in [-0.3, -0.25) is 4.79 Å². The number of methoxy groups -OCH3 is 1. The van der Waals surface area contributed by atoms with E-state index in [2.05, 4.69) is 15.5 Å². The molecule has 7 nitrogen and oxygen atoms in total. The fourth-order valence-corrected chi connectivity index (χ4v) is 2.10. The Kier molecular flexibility index (Phi) is 4.21. The molecular weight excluding hydrogens is 308 g/mol. The molecule has 2 aromatic carbocycles. The highest BCUT2D eigenvalue weighted by atomic mass is 16.5. The van der Waals surface area contributed by atoms with E-state index in [1.807, 2.05) is 12.1 Å². The third kappa shape index (κ3) is 3.08. The summed E-state index contributed by atoms with van der Waals surface area (Å²) in [7, 11) is 1.53. The van der Waals surface area contributed by atoms with Crippen LogP contribution in [0, 0.1) is 11.3 Å². The van der Waals surface area contributed by atoms with Gasteiger partial charge in [0.25, 0.3) is 5.89 Å². The van der Waals surface area contributed by atoms with Crippen molar-refractivity contribution >= 4 is 11.6 Å². The largest absolute Gasteiger partial charge is 0.496 e. The van der Waals surface area contributed by atoms with Crippen molar-refractivity contribution in [1.82, 2.24) is 10.2 Å². The number of para-hydroxylation sites is 1. The minimum absolute atomic E-state index is 0.182. The molecule has 118 valence electrons. The van der Waals surface area contributed by atoms with Crippen LogP contribution in [0.5, 0.6) is 5.75 Å². The van der Waals surface area contributed by atoms with E-state index in [1.165, 1.54) is 7.11 Å². The van der Waals surface area contributed by atoms with E-state index in [0.717, 1.165) is 0 Å². The standard InChI is InChI=1S/C17H12N4O3/c1-23-14-8-3-2-7-13(14)16-20-21-17(24-16)15(22)19-12-6-4-5-11(9-12)10-18/h2-9H,1H3,(H,19,22). The molecule has 0 aliphatic heterocycles. The number of carbonyl (C=O) groups excluding carboxylic acids is 1. The van der Waals surface area contributed by atoms with Gasteiger partial charge in [-0.1, -0.05) is 18.2 Å². The number of amides is 1. The van der Waals surface area contributed by atoms with Gasteiger partial charge < -0.3 is 14.5 Å². The van der Waals surface area contributed by atoms with Crippen molar-refractivity contribution in [2.24, 2.45) is 0 Å². The lowest BCUT2D eigenvalue weighted by atomic mass is 10.2. The number of rotatable bonds is 4. The molecule has 7 heteroatoms. The summed E-state index contributed by atoms with van der Waals surface area (Å²) in [5.74, 6) is 0.00945. The van der Waals surface area contributed by atoms with Gasteiger partial charge in [0.05, 0.1) is 24.3 Å². The first kappa shape index (κ1) is 15.2. The lowest BCUT2D eigenvalue weighted by Gasteiger charge is -2.03. The van der Waals surface area contributed by atoms with Crippen molar-refractivity contribution in [2.45, 2.75) is 0 Å². The average Bonchev–Trinajstić information content (AvgIpc) is 3.12. The Morgan fingerprint density at radius 1 is 1.21 bits per heavy atom. The summed E-state index contributed by atoms with van der Waals surface area (Å²) in [5.41, 5.74) is 1.50. The number of nitrogens with one attached hydrogen (secondary N) is 1. The molecule has 0 saturated carbocycles. The van der Waals surface area contributed by atoms with Crippen LogP contribution in [-0.4, -0.2) is 23.2 Å². The Bertz CT molecular complexity index is 927. The van der Waals surface area contributed by atoms with Gasteiger partial charge in [-0.2, -0.15) is 5.26 Å². The molecule has 0 radical (unpaired) electrons. The molecule has 0 fully saturated rings. The monoisotopic (exact) mass is 320 g/mol. The van der Waals surface area contributed by atoms with Crippen molar-refractivity contribution in [1.29, 1.82) is 5.26 Å². The van der Waals surface area contributed by atoms with E-state index in [1.54, 1.807) is 42.5 Å². The van der Waals surface area contributed by atoms with Crippen molar-refractivity contribution < 1.29 is 13.9 Å². The Morgan fingerprint density at radius 2 is 2.04 bits per heavy atom. The minimum Gasteiger partial charge on any atom is -0.496 e. The summed E-state index contributed by atoms with van der Waals surface area (Å²) < 4.78 is 10.7. The van der Waals surface area contributed by atoms with E-state index in [-0.39, 0.29) is 11.8 Å². The predicted octanol–water partition coefficient (Wildman–Crippen LogP) is 2.87. The van der Waals surface area contributed by atoms with Crippen molar-refractivity contribution in [2.75, 3.05) is 12.4 Å². The zero-order valence-electron chi connectivity index (χ0n) is 12.7. The van der Waals surface area contributed by atoms with E-state index in [9.17, 15) is 4.79 Å². The van der Waals surface area contributed by atoms with Gasteiger partial charge in [0.15, 0.2) is 0 Å². The Hall–Kier alpha value is -3.66. The van der Waals surface area contributed by atoms with Gasteiger partial charge in [0, 0.05) is 5.69 Å². The number of ether oxygens (including phenoxy) is 1. The zero-order chi connectivity index (χ0) is 16.9. The molecule has 0 atom stereocenters. The molecular formula is C17H12N4O3. The maximum atomic E-state index is 12.2. The summed E-state index contributed by atoms with van der Waals surface area (Å²) in [6.45, 7) is 0. The van der Waals surface area contributed by atoms with Crippen LogP contribution in [-0.2, 0) is 0 Å². The van der Waals surface area contributed by atoms with Crippen LogP contribution < -0.4 is 10.1 Å². The molecule has 0 unspecified atom stereocenters. The van der Waals surface area contributed by atoms with Gasteiger partial charge in [0.1, 0.15) is 5.75 Å². The number of hydrogen-bond donors (Lipinski definition) is 1. The second-order valence-electron chi connectivity index (χ2n) is 4.76. The normalized spacial score (nSPS) is 10.0. The van der Waals surface area contributed by atoms with Gasteiger partial charge in [0.2, 0.25) is 0 Å².